The van der Waals surface area contributed by atoms with Crippen molar-refractivity contribution in [3.63, 3.8) is 0 Å². The first kappa shape index (κ1) is 7.71. The molecule has 1 aliphatic rings. The van der Waals surface area contributed by atoms with Crippen molar-refractivity contribution in [2.75, 3.05) is 0 Å². The van der Waals surface area contributed by atoms with Crippen LogP contribution >= 0.6 is 0 Å². The third-order valence-corrected chi connectivity index (χ3v) is 3.02. The quantitative estimate of drug-likeness (QED) is 0.615. The van der Waals surface area contributed by atoms with Gasteiger partial charge >= 0.3 is 0 Å². The van der Waals surface area contributed by atoms with Gasteiger partial charge in [-0.3, -0.25) is 0 Å². The largest absolute Gasteiger partial charge is 0.588 e. The van der Waals surface area contributed by atoms with Crippen molar-refractivity contribution in [3.05, 3.63) is 35.5 Å². The molecule has 1 unspecified atom stereocenters. The molecule has 0 amide bonds. The normalized spacial score (nSPS) is 20.8. The highest BCUT2D eigenvalue weighted by Gasteiger charge is 2.19. The molecule has 2 nitrogen and oxygen atoms in total. The maximum atomic E-state index is 11.5. The fraction of sp³-hybridized carbons (Fsp3) is 0.111. The Kier molecular flexibility index (Phi) is 1.83. The van der Waals surface area contributed by atoms with E-state index in [1.807, 2.05) is 37.3 Å². The van der Waals surface area contributed by atoms with E-state index in [0.717, 1.165) is 16.2 Å². The lowest BCUT2D eigenvalue weighted by atomic mass is 10.2. The van der Waals surface area contributed by atoms with Crippen molar-refractivity contribution >= 4 is 17.4 Å². The molecule has 0 saturated heterocycles. The van der Waals surface area contributed by atoms with Gasteiger partial charge in [-0.15, -0.1) is 0 Å². The Hall–Kier alpha value is -0.930. The van der Waals surface area contributed by atoms with Gasteiger partial charge in [0.05, 0.1) is 5.70 Å². The SMILES string of the molecule is CC1=Cc2ccccc2[S+]([O-])N1. The van der Waals surface area contributed by atoms with Crippen LogP contribution in [0.5, 0.6) is 0 Å². The Labute approximate surface area is 74.6 Å². The third kappa shape index (κ3) is 1.21. The number of hydrogen-bond donors (Lipinski definition) is 1. The van der Waals surface area contributed by atoms with Crippen molar-refractivity contribution in [1.29, 1.82) is 0 Å². The van der Waals surface area contributed by atoms with E-state index >= 15 is 0 Å². The summed E-state index contributed by atoms with van der Waals surface area (Å²) in [4.78, 5) is 0.864. The Morgan fingerprint density at radius 1 is 1.33 bits per heavy atom. The second kappa shape index (κ2) is 2.84. The summed E-state index contributed by atoms with van der Waals surface area (Å²) in [6, 6.07) is 7.69. The van der Waals surface area contributed by atoms with Crippen molar-refractivity contribution in [2.45, 2.75) is 11.8 Å². The summed E-state index contributed by atoms with van der Waals surface area (Å²) < 4.78 is 14.3. The minimum Gasteiger partial charge on any atom is -0.588 e. The summed E-state index contributed by atoms with van der Waals surface area (Å²) in [5.41, 5.74) is 2.00. The summed E-state index contributed by atoms with van der Waals surface area (Å²) in [6.07, 6.45) is 2.00. The summed E-state index contributed by atoms with van der Waals surface area (Å²) in [7, 11) is 0. The highest BCUT2D eigenvalue weighted by Crippen LogP contribution is 2.22. The van der Waals surface area contributed by atoms with Crippen LogP contribution in [0.2, 0.25) is 0 Å². The Morgan fingerprint density at radius 2 is 2.08 bits per heavy atom. The smallest absolute Gasteiger partial charge is 0.187 e. The second-order valence-electron chi connectivity index (χ2n) is 2.74. The molecule has 0 bridgehead atoms. The van der Waals surface area contributed by atoms with Gasteiger partial charge in [0.25, 0.3) is 0 Å². The zero-order chi connectivity index (χ0) is 8.55. The molecule has 1 atom stereocenters. The Balaban J connectivity index is 2.55. The number of benzene rings is 1. The van der Waals surface area contributed by atoms with E-state index in [4.69, 9.17) is 0 Å². The van der Waals surface area contributed by atoms with Gasteiger partial charge in [0.15, 0.2) is 4.90 Å². The van der Waals surface area contributed by atoms with E-state index in [-0.39, 0.29) is 0 Å². The maximum Gasteiger partial charge on any atom is 0.187 e. The van der Waals surface area contributed by atoms with Crippen LogP contribution in [0.3, 0.4) is 0 Å². The molecule has 1 aromatic rings. The molecule has 1 heterocycles. The molecule has 62 valence electrons. The molecule has 0 aliphatic carbocycles. The molecule has 2 rings (SSSR count). The lowest BCUT2D eigenvalue weighted by Crippen LogP contribution is -2.25. The van der Waals surface area contributed by atoms with E-state index in [0.29, 0.717) is 0 Å². The summed E-state index contributed by atoms with van der Waals surface area (Å²) in [5, 5.41) is 0. The van der Waals surface area contributed by atoms with Crippen LogP contribution in [0.1, 0.15) is 12.5 Å². The van der Waals surface area contributed by atoms with Crippen molar-refractivity contribution in [3.8, 4) is 0 Å². The zero-order valence-electron chi connectivity index (χ0n) is 6.70. The van der Waals surface area contributed by atoms with E-state index in [9.17, 15) is 4.55 Å². The summed E-state index contributed by atoms with van der Waals surface area (Å²) in [5.74, 6) is 0. The lowest BCUT2D eigenvalue weighted by molar-refractivity contribution is 0.586. The third-order valence-electron chi connectivity index (χ3n) is 1.74. The van der Waals surface area contributed by atoms with Gasteiger partial charge in [-0.05, 0) is 25.1 Å². The van der Waals surface area contributed by atoms with Crippen LogP contribution in [-0.2, 0) is 11.4 Å². The first-order valence-corrected chi connectivity index (χ1v) is 4.88. The van der Waals surface area contributed by atoms with E-state index in [1.165, 1.54) is 0 Å². The minimum absolute atomic E-state index is 0.864. The topological polar surface area (TPSA) is 35.1 Å². The molecule has 12 heavy (non-hydrogen) atoms. The van der Waals surface area contributed by atoms with Gasteiger partial charge < -0.3 is 4.55 Å². The molecule has 0 spiro atoms. The van der Waals surface area contributed by atoms with Crippen molar-refractivity contribution in [1.82, 2.24) is 4.72 Å². The molecular weight excluding hydrogens is 170 g/mol. The van der Waals surface area contributed by atoms with Crippen LogP contribution in [0.25, 0.3) is 6.08 Å². The van der Waals surface area contributed by atoms with Gasteiger partial charge in [-0.2, -0.15) is 0 Å². The maximum absolute atomic E-state index is 11.5. The molecule has 1 aliphatic heterocycles. The molecular formula is C9H9NOS. The van der Waals surface area contributed by atoms with Gasteiger partial charge in [0, 0.05) is 5.56 Å². The predicted octanol–water partition coefficient (Wildman–Crippen LogP) is 1.67. The molecule has 3 heteroatoms. The number of rotatable bonds is 0. The van der Waals surface area contributed by atoms with Gasteiger partial charge in [0.1, 0.15) is 11.4 Å². The van der Waals surface area contributed by atoms with Crippen LogP contribution in [0.15, 0.2) is 34.9 Å². The van der Waals surface area contributed by atoms with Crippen molar-refractivity contribution in [2.24, 2.45) is 0 Å². The van der Waals surface area contributed by atoms with Gasteiger partial charge in [0.2, 0.25) is 0 Å². The fourth-order valence-corrected chi connectivity index (χ4v) is 2.24. The molecule has 0 fully saturated rings. The molecule has 1 aromatic carbocycles. The number of allylic oxidation sites excluding steroid dienone is 1. The fourth-order valence-electron chi connectivity index (χ4n) is 1.23. The monoisotopic (exact) mass is 179 g/mol. The van der Waals surface area contributed by atoms with Crippen LogP contribution in [0.4, 0.5) is 0 Å². The van der Waals surface area contributed by atoms with Gasteiger partial charge in [-0.1, -0.05) is 12.1 Å². The van der Waals surface area contributed by atoms with Crippen LogP contribution in [0, 0.1) is 0 Å². The summed E-state index contributed by atoms with van der Waals surface area (Å²) in [6.45, 7) is 1.91. The summed E-state index contributed by atoms with van der Waals surface area (Å²) >= 11 is -1.06. The average Bonchev–Trinajstić information content (AvgIpc) is 2.04. The zero-order valence-corrected chi connectivity index (χ0v) is 7.52. The predicted molar refractivity (Wildman–Crippen MR) is 49.6 cm³/mol. The Morgan fingerprint density at radius 3 is 2.92 bits per heavy atom. The number of fused-ring (bicyclic) bond motifs is 1. The highest BCUT2D eigenvalue weighted by molar-refractivity contribution is 7.89. The molecule has 0 aromatic heterocycles. The van der Waals surface area contributed by atoms with Crippen LogP contribution in [-0.4, -0.2) is 4.55 Å². The lowest BCUT2D eigenvalue weighted by Gasteiger charge is -2.17. The molecule has 0 saturated carbocycles. The number of nitrogens with one attached hydrogen (secondary N) is 1. The Bertz CT molecular complexity index is 335. The first-order chi connectivity index (χ1) is 5.77. The van der Waals surface area contributed by atoms with E-state index in [1.54, 1.807) is 0 Å². The molecule has 1 N–H and O–H groups in total. The van der Waals surface area contributed by atoms with E-state index < -0.39 is 11.4 Å². The second-order valence-corrected chi connectivity index (χ2v) is 3.92. The van der Waals surface area contributed by atoms with Gasteiger partial charge in [-0.25, -0.2) is 4.72 Å². The highest BCUT2D eigenvalue weighted by atomic mass is 32.2. The average molecular weight is 179 g/mol. The van der Waals surface area contributed by atoms with Crippen molar-refractivity contribution < 1.29 is 4.55 Å². The van der Waals surface area contributed by atoms with E-state index in [2.05, 4.69) is 4.72 Å². The van der Waals surface area contributed by atoms with Crippen LogP contribution < -0.4 is 4.72 Å². The standard InChI is InChI=1S/C9H9NOS/c1-7-6-8-4-2-3-5-9(8)12(11)10-7/h2-6,10H,1H3. The minimum atomic E-state index is -1.06. The number of hydrogen-bond acceptors (Lipinski definition) is 2. The first-order valence-electron chi connectivity index (χ1n) is 3.73. The molecule has 0 radical (unpaired) electrons.